The molecule has 1 aliphatic heterocycles. The molecule has 6 heteroatoms. The lowest BCUT2D eigenvalue weighted by Crippen LogP contribution is -2.47. The van der Waals surface area contributed by atoms with Crippen molar-refractivity contribution in [1.82, 2.24) is 5.32 Å². The van der Waals surface area contributed by atoms with Crippen LogP contribution in [0.4, 0.5) is 0 Å². The minimum atomic E-state index is -2.96. The zero-order valence-electron chi connectivity index (χ0n) is 10.9. The molecule has 0 aromatic heterocycles. The third kappa shape index (κ3) is 5.29. The molecule has 0 saturated carbocycles. The maximum absolute atomic E-state index is 11.7. The number of carbonyl (C=O) groups is 1. The van der Waals surface area contributed by atoms with Gasteiger partial charge in [0.25, 0.3) is 0 Å². The topological polar surface area (TPSA) is 63.2 Å². The van der Waals surface area contributed by atoms with Crippen LogP contribution in [-0.4, -0.2) is 41.9 Å². The third-order valence-electron chi connectivity index (χ3n) is 2.58. The Kier molecular flexibility index (Phi) is 4.19. The van der Waals surface area contributed by atoms with E-state index in [4.69, 9.17) is 0 Å². The molecule has 1 rings (SSSR count). The van der Waals surface area contributed by atoms with Crippen molar-refractivity contribution in [3.05, 3.63) is 0 Å². The Labute approximate surface area is 108 Å². The van der Waals surface area contributed by atoms with Gasteiger partial charge < -0.3 is 5.32 Å². The molecule has 0 bridgehead atoms. The fourth-order valence-corrected chi connectivity index (χ4v) is 4.49. The van der Waals surface area contributed by atoms with E-state index in [0.717, 1.165) is 0 Å². The highest BCUT2D eigenvalue weighted by atomic mass is 32.2. The van der Waals surface area contributed by atoms with Crippen LogP contribution in [0.5, 0.6) is 0 Å². The molecule has 1 amide bonds. The smallest absolute Gasteiger partial charge is 0.230 e. The number of hydrogen-bond acceptors (Lipinski definition) is 4. The van der Waals surface area contributed by atoms with Crippen LogP contribution in [0, 0.1) is 0 Å². The van der Waals surface area contributed by atoms with E-state index < -0.39 is 15.4 Å². The molecule has 1 fully saturated rings. The van der Waals surface area contributed by atoms with Crippen molar-refractivity contribution in [2.24, 2.45) is 0 Å². The molecule has 1 heterocycles. The summed E-state index contributed by atoms with van der Waals surface area (Å²) in [5.41, 5.74) is -0.575. The normalized spacial score (nSPS) is 28.0. The first-order valence-electron chi connectivity index (χ1n) is 5.67. The maximum atomic E-state index is 11.7. The molecule has 1 N–H and O–H groups in total. The van der Waals surface area contributed by atoms with Crippen molar-refractivity contribution < 1.29 is 13.2 Å². The predicted octanol–water partition coefficient (Wildman–Crippen LogP) is 1.21. The van der Waals surface area contributed by atoms with E-state index in [-0.39, 0.29) is 22.2 Å². The molecular weight excluding hydrogens is 258 g/mol. The molecule has 0 aromatic rings. The first-order chi connectivity index (χ1) is 7.52. The van der Waals surface area contributed by atoms with Gasteiger partial charge in [-0.1, -0.05) is 20.8 Å². The first kappa shape index (κ1) is 14.8. The van der Waals surface area contributed by atoms with Crippen molar-refractivity contribution in [3.8, 4) is 0 Å². The second kappa shape index (κ2) is 4.80. The zero-order chi connectivity index (χ0) is 13.3. The van der Waals surface area contributed by atoms with Gasteiger partial charge in [0, 0.05) is 4.75 Å². The summed E-state index contributed by atoms with van der Waals surface area (Å²) in [7, 11) is -2.96. The van der Waals surface area contributed by atoms with Gasteiger partial charge in [-0.05, 0) is 13.3 Å². The molecule has 1 atom stereocenters. The third-order valence-corrected chi connectivity index (χ3v) is 5.76. The molecular formula is C11H21NO3S2. The monoisotopic (exact) mass is 279 g/mol. The minimum Gasteiger partial charge on any atom is -0.349 e. The Morgan fingerprint density at radius 3 is 2.41 bits per heavy atom. The lowest BCUT2D eigenvalue weighted by molar-refractivity contribution is -0.120. The summed E-state index contributed by atoms with van der Waals surface area (Å²) in [6.45, 7) is 7.95. The van der Waals surface area contributed by atoms with Crippen LogP contribution in [0.3, 0.4) is 0 Å². The van der Waals surface area contributed by atoms with E-state index in [1.165, 1.54) is 0 Å². The highest BCUT2D eigenvalue weighted by Crippen LogP contribution is 2.25. The Morgan fingerprint density at radius 2 is 2.00 bits per heavy atom. The summed E-state index contributed by atoms with van der Waals surface area (Å²) >= 11 is 1.56. The van der Waals surface area contributed by atoms with E-state index in [2.05, 4.69) is 5.32 Å². The number of rotatable bonds is 3. The second-order valence-electron chi connectivity index (χ2n) is 5.85. The Balaban J connectivity index is 2.47. The first-order valence-corrected chi connectivity index (χ1v) is 8.48. The number of sulfone groups is 1. The van der Waals surface area contributed by atoms with Gasteiger partial charge >= 0.3 is 0 Å². The van der Waals surface area contributed by atoms with Crippen LogP contribution >= 0.6 is 11.8 Å². The predicted molar refractivity (Wildman–Crippen MR) is 72.0 cm³/mol. The average Bonchev–Trinajstić information content (AvgIpc) is 2.36. The Hall–Kier alpha value is -0.230. The molecule has 0 spiro atoms. The van der Waals surface area contributed by atoms with E-state index in [1.807, 2.05) is 20.8 Å². The van der Waals surface area contributed by atoms with Gasteiger partial charge in [-0.3, -0.25) is 4.79 Å². The largest absolute Gasteiger partial charge is 0.349 e. The summed E-state index contributed by atoms with van der Waals surface area (Å²) in [5, 5.41) is 2.84. The molecule has 0 radical (unpaired) electrons. The second-order valence-corrected chi connectivity index (χ2v) is 9.84. The molecule has 1 saturated heterocycles. The van der Waals surface area contributed by atoms with E-state index in [9.17, 15) is 13.2 Å². The van der Waals surface area contributed by atoms with Crippen LogP contribution in [0.15, 0.2) is 0 Å². The summed E-state index contributed by atoms with van der Waals surface area (Å²) in [6, 6.07) is 0. The number of amides is 1. The molecule has 4 nitrogen and oxygen atoms in total. The van der Waals surface area contributed by atoms with E-state index in [0.29, 0.717) is 12.2 Å². The van der Waals surface area contributed by atoms with Gasteiger partial charge in [-0.15, -0.1) is 11.8 Å². The van der Waals surface area contributed by atoms with Gasteiger partial charge in [0.05, 0.1) is 22.8 Å². The van der Waals surface area contributed by atoms with Crippen molar-refractivity contribution in [2.45, 2.75) is 44.4 Å². The number of carbonyl (C=O) groups excluding carboxylic acids is 1. The van der Waals surface area contributed by atoms with Gasteiger partial charge in [0.2, 0.25) is 5.91 Å². The van der Waals surface area contributed by atoms with Crippen LogP contribution in [0.1, 0.15) is 34.1 Å². The van der Waals surface area contributed by atoms with Gasteiger partial charge in [-0.2, -0.15) is 0 Å². The quantitative estimate of drug-likeness (QED) is 0.843. The summed E-state index contributed by atoms with van der Waals surface area (Å²) < 4.78 is 22.8. The fourth-order valence-electron chi connectivity index (χ4n) is 1.76. The van der Waals surface area contributed by atoms with Crippen LogP contribution < -0.4 is 5.32 Å². The SMILES string of the molecule is CC(C)(C)SCC(=O)N[C@@]1(C)CCS(=O)(=O)C1. The molecule has 100 valence electrons. The van der Waals surface area contributed by atoms with E-state index >= 15 is 0 Å². The summed E-state index contributed by atoms with van der Waals surface area (Å²) in [6.07, 6.45) is 0.515. The fraction of sp³-hybridized carbons (Fsp3) is 0.909. The number of nitrogens with one attached hydrogen (secondary N) is 1. The van der Waals surface area contributed by atoms with Crippen molar-refractivity contribution in [3.63, 3.8) is 0 Å². The van der Waals surface area contributed by atoms with Gasteiger partial charge in [0.15, 0.2) is 9.84 Å². The summed E-state index contributed by atoms with van der Waals surface area (Å²) in [5.74, 6) is 0.533. The zero-order valence-corrected chi connectivity index (χ0v) is 12.5. The lowest BCUT2D eigenvalue weighted by Gasteiger charge is -2.25. The molecule has 17 heavy (non-hydrogen) atoms. The molecule has 1 aliphatic rings. The van der Waals surface area contributed by atoms with Gasteiger partial charge in [0.1, 0.15) is 0 Å². The van der Waals surface area contributed by atoms with Crippen LogP contribution in [-0.2, 0) is 14.6 Å². The van der Waals surface area contributed by atoms with Crippen molar-refractivity contribution >= 4 is 27.5 Å². The Morgan fingerprint density at radius 1 is 1.41 bits per heavy atom. The maximum Gasteiger partial charge on any atom is 0.230 e. The van der Waals surface area contributed by atoms with Crippen molar-refractivity contribution in [2.75, 3.05) is 17.3 Å². The highest BCUT2D eigenvalue weighted by Gasteiger charge is 2.39. The lowest BCUT2D eigenvalue weighted by atomic mass is 10.0. The van der Waals surface area contributed by atoms with Crippen molar-refractivity contribution in [1.29, 1.82) is 0 Å². The van der Waals surface area contributed by atoms with Crippen LogP contribution in [0.2, 0.25) is 0 Å². The van der Waals surface area contributed by atoms with Gasteiger partial charge in [-0.25, -0.2) is 8.42 Å². The number of thioether (sulfide) groups is 1. The average molecular weight is 279 g/mol. The highest BCUT2D eigenvalue weighted by molar-refractivity contribution is 8.01. The molecule has 0 unspecified atom stereocenters. The standard InChI is InChI=1S/C11H21NO3S2/c1-10(2,3)16-7-9(13)12-11(4)5-6-17(14,15)8-11/h5-8H2,1-4H3,(H,12,13)/t11-/m0/s1. The van der Waals surface area contributed by atoms with Crippen LogP contribution in [0.25, 0.3) is 0 Å². The Bertz CT molecular complexity index is 397. The molecule has 0 aromatic carbocycles. The van der Waals surface area contributed by atoms with E-state index in [1.54, 1.807) is 18.7 Å². The minimum absolute atomic E-state index is 0.0417. The summed E-state index contributed by atoms with van der Waals surface area (Å²) in [4.78, 5) is 11.7. The molecule has 0 aliphatic carbocycles. The number of hydrogen-bond donors (Lipinski definition) is 1.